The summed E-state index contributed by atoms with van der Waals surface area (Å²) in [7, 11) is 0. The SMILES string of the molecule is c1cnc2c(-c3ccnc4oc5cncnc5c34)cccc2c1. The number of hydrogen-bond donors (Lipinski definition) is 0. The zero-order chi connectivity index (χ0) is 15.2. The third-order valence-corrected chi connectivity index (χ3v) is 3.96. The van der Waals surface area contributed by atoms with Crippen molar-refractivity contribution in [3.8, 4) is 11.1 Å². The number of aromatic nitrogens is 4. The van der Waals surface area contributed by atoms with Gasteiger partial charge in [-0.2, -0.15) is 0 Å². The fourth-order valence-corrected chi connectivity index (χ4v) is 2.98. The van der Waals surface area contributed by atoms with Crippen LogP contribution in [0.15, 0.2) is 65.7 Å². The number of hydrogen-bond acceptors (Lipinski definition) is 5. The Kier molecular flexibility index (Phi) is 2.43. The fourth-order valence-electron chi connectivity index (χ4n) is 2.98. The molecule has 0 unspecified atom stereocenters. The number of para-hydroxylation sites is 1. The second-order valence-corrected chi connectivity index (χ2v) is 5.26. The van der Waals surface area contributed by atoms with Crippen LogP contribution in [0, 0.1) is 0 Å². The van der Waals surface area contributed by atoms with Crippen LogP contribution in [-0.4, -0.2) is 19.9 Å². The van der Waals surface area contributed by atoms with Crippen molar-refractivity contribution >= 4 is 33.1 Å². The maximum atomic E-state index is 5.77. The quantitative estimate of drug-likeness (QED) is 0.468. The third-order valence-electron chi connectivity index (χ3n) is 3.96. The minimum Gasteiger partial charge on any atom is -0.434 e. The van der Waals surface area contributed by atoms with Crippen LogP contribution in [-0.2, 0) is 0 Å². The number of rotatable bonds is 1. The molecule has 0 aliphatic rings. The molecule has 0 radical (unpaired) electrons. The van der Waals surface area contributed by atoms with E-state index >= 15 is 0 Å². The second kappa shape index (κ2) is 4.58. The first-order valence-corrected chi connectivity index (χ1v) is 7.23. The molecule has 0 bridgehead atoms. The van der Waals surface area contributed by atoms with Crippen LogP contribution < -0.4 is 0 Å². The molecule has 0 spiro atoms. The molecule has 108 valence electrons. The van der Waals surface area contributed by atoms with Crippen LogP contribution in [0.1, 0.15) is 0 Å². The molecule has 0 amide bonds. The first kappa shape index (κ1) is 12.2. The zero-order valence-electron chi connectivity index (χ0n) is 12.0. The molecule has 0 saturated heterocycles. The molecule has 4 aromatic heterocycles. The Morgan fingerprint density at radius 1 is 0.783 bits per heavy atom. The molecule has 0 aliphatic heterocycles. The van der Waals surface area contributed by atoms with Crippen molar-refractivity contribution in [1.29, 1.82) is 0 Å². The summed E-state index contributed by atoms with van der Waals surface area (Å²) < 4.78 is 5.77. The van der Waals surface area contributed by atoms with Crippen LogP contribution in [0.2, 0.25) is 0 Å². The summed E-state index contributed by atoms with van der Waals surface area (Å²) in [5.74, 6) is 0. The van der Waals surface area contributed by atoms with Crippen LogP contribution in [0.3, 0.4) is 0 Å². The summed E-state index contributed by atoms with van der Waals surface area (Å²) in [6, 6.07) is 12.1. The highest BCUT2D eigenvalue weighted by Gasteiger charge is 2.16. The lowest BCUT2D eigenvalue weighted by molar-refractivity contribution is 0.651. The molecule has 0 saturated carbocycles. The van der Waals surface area contributed by atoms with Gasteiger partial charge >= 0.3 is 0 Å². The Balaban J connectivity index is 1.96. The summed E-state index contributed by atoms with van der Waals surface area (Å²) in [6.45, 7) is 0. The molecular formula is C18H10N4O. The fraction of sp³-hybridized carbons (Fsp3) is 0. The topological polar surface area (TPSA) is 64.7 Å². The Hall–Kier alpha value is -3.34. The average Bonchev–Trinajstić information content (AvgIpc) is 3.00. The van der Waals surface area contributed by atoms with Crippen molar-refractivity contribution in [1.82, 2.24) is 19.9 Å². The number of pyridine rings is 2. The Bertz CT molecular complexity index is 1170. The molecule has 0 aliphatic carbocycles. The minimum atomic E-state index is 0.561. The Morgan fingerprint density at radius 2 is 1.74 bits per heavy atom. The molecule has 0 atom stereocenters. The summed E-state index contributed by atoms with van der Waals surface area (Å²) in [5, 5.41) is 1.99. The molecule has 5 heteroatoms. The molecule has 0 fully saturated rings. The van der Waals surface area contributed by atoms with Gasteiger partial charge in [0, 0.05) is 28.9 Å². The summed E-state index contributed by atoms with van der Waals surface area (Å²) in [4.78, 5) is 17.3. The summed E-state index contributed by atoms with van der Waals surface area (Å²) in [6.07, 6.45) is 6.74. The van der Waals surface area contributed by atoms with Crippen molar-refractivity contribution in [2.45, 2.75) is 0 Å². The van der Waals surface area contributed by atoms with E-state index in [-0.39, 0.29) is 0 Å². The van der Waals surface area contributed by atoms with Gasteiger partial charge in [-0.25, -0.2) is 15.0 Å². The van der Waals surface area contributed by atoms with E-state index in [2.05, 4.69) is 38.1 Å². The van der Waals surface area contributed by atoms with E-state index in [1.165, 1.54) is 6.33 Å². The first-order chi connectivity index (χ1) is 11.4. The maximum Gasteiger partial charge on any atom is 0.229 e. The summed E-state index contributed by atoms with van der Waals surface area (Å²) >= 11 is 0. The van der Waals surface area contributed by atoms with Crippen molar-refractivity contribution in [3.05, 3.63) is 61.3 Å². The van der Waals surface area contributed by atoms with Gasteiger partial charge in [-0.1, -0.05) is 24.3 Å². The van der Waals surface area contributed by atoms with Crippen molar-refractivity contribution in [2.24, 2.45) is 0 Å². The second-order valence-electron chi connectivity index (χ2n) is 5.26. The van der Waals surface area contributed by atoms with Crippen LogP contribution in [0.25, 0.3) is 44.2 Å². The predicted octanol–water partition coefficient (Wildman–Crippen LogP) is 3.99. The van der Waals surface area contributed by atoms with Gasteiger partial charge in [0.2, 0.25) is 5.71 Å². The van der Waals surface area contributed by atoms with E-state index in [1.54, 1.807) is 18.6 Å². The van der Waals surface area contributed by atoms with Gasteiger partial charge in [0.25, 0.3) is 0 Å². The lowest BCUT2D eigenvalue weighted by Crippen LogP contribution is -1.87. The van der Waals surface area contributed by atoms with E-state index in [4.69, 9.17) is 4.42 Å². The van der Waals surface area contributed by atoms with Gasteiger partial charge < -0.3 is 4.42 Å². The largest absolute Gasteiger partial charge is 0.434 e. The first-order valence-electron chi connectivity index (χ1n) is 7.23. The lowest BCUT2D eigenvalue weighted by atomic mass is 10.00. The maximum absolute atomic E-state index is 5.77. The molecular weight excluding hydrogens is 288 g/mol. The standard InChI is InChI=1S/C18H10N4O/c1-3-11-4-2-7-20-16(11)13(5-1)12-6-8-21-18-15(12)17-14(23-18)9-19-10-22-17/h1-10H. The predicted molar refractivity (Wildman–Crippen MR) is 87.8 cm³/mol. The Labute approximate surface area is 130 Å². The molecule has 1 aromatic carbocycles. The van der Waals surface area contributed by atoms with Gasteiger partial charge in [0.15, 0.2) is 5.58 Å². The molecule has 5 rings (SSSR count). The van der Waals surface area contributed by atoms with Crippen molar-refractivity contribution < 1.29 is 4.42 Å². The van der Waals surface area contributed by atoms with E-state index in [0.717, 1.165) is 32.9 Å². The minimum absolute atomic E-state index is 0.561. The average molecular weight is 298 g/mol. The van der Waals surface area contributed by atoms with Crippen LogP contribution >= 0.6 is 0 Å². The molecule has 4 heterocycles. The van der Waals surface area contributed by atoms with Gasteiger partial charge in [-0.05, 0) is 12.1 Å². The molecule has 5 nitrogen and oxygen atoms in total. The third kappa shape index (κ3) is 1.73. The monoisotopic (exact) mass is 298 g/mol. The van der Waals surface area contributed by atoms with Crippen LogP contribution in [0.4, 0.5) is 0 Å². The van der Waals surface area contributed by atoms with Gasteiger partial charge in [-0.15, -0.1) is 0 Å². The zero-order valence-corrected chi connectivity index (χ0v) is 12.0. The van der Waals surface area contributed by atoms with Crippen molar-refractivity contribution in [2.75, 3.05) is 0 Å². The van der Waals surface area contributed by atoms with Crippen molar-refractivity contribution in [3.63, 3.8) is 0 Å². The number of benzene rings is 1. The molecule has 5 aromatic rings. The van der Waals surface area contributed by atoms with E-state index in [0.29, 0.717) is 11.3 Å². The lowest BCUT2D eigenvalue weighted by Gasteiger charge is -2.06. The normalized spacial score (nSPS) is 11.5. The molecule has 23 heavy (non-hydrogen) atoms. The number of furan rings is 1. The number of nitrogens with zero attached hydrogens (tertiary/aromatic N) is 4. The highest BCUT2D eigenvalue weighted by atomic mass is 16.3. The van der Waals surface area contributed by atoms with Gasteiger partial charge in [0.05, 0.1) is 17.1 Å². The highest BCUT2D eigenvalue weighted by molar-refractivity contribution is 6.11. The van der Waals surface area contributed by atoms with E-state index in [1.807, 2.05) is 18.2 Å². The van der Waals surface area contributed by atoms with Gasteiger partial charge in [-0.3, -0.25) is 4.98 Å². The van der Waals surface area contributed by atoms with Gasteiger partial charge in [0.1, 0.15) is 11.8 Å². The Morgan fingerprint density at radius 3 is 2.74 bits per heavy atom. The number of fused-ring (bicyclic) bond motifs is 4. The van der Waals surface area contributed by atoms with E-state index in [9.17, 15) is 0 Å². The summed E-state index contributed by atoms with van der Waals surface area (Å²) in [5.41, 5.74) is 4.96. The molecule has 0 N–H and O–H groups in total. The van der Waals surface area contributed by atoms with Crippen LogP contribution in [0.5, 0.6) is 0 Å². The smallest absolute Gasteiger partial charge is 0.229 e. The van der Waals surface area contributed by atoms with E-state index < -0.39 is 0 Å². The highest BCUT2D eigenvalue weighted by Crippen LogP contribution is 2.36.